The number of nitrogens with one attached hydrogen (secondary N) is 1. The van der Waals surface area contributed by atoms with Crippen LogP contribution in [0, 0.1) is 12.8 Å². The van der Waals surface area contributed by atoms with E-state index < -0.39 is 0 Å². The van der Waals surface area contributed by atoms with Crippen molar-refractivity contribution in [3.63, 3.8) is 0 Å². The third kappa shape index (κ3) is 4.28. The molecule has 4 rings (SSSR count). The maximum Gasteiger partial charge on any atom is 0.259 e. The van der Waals surface area contributed by atoms with Gasteiger partial charge in [-0.25, -0.2) is 4.98 Å². The first kappa shape index (κ1) is 20.3. The molecule has 2 amide bonds. The molecule has 0 bridgehead atoms. The van der Waals surface area contributed by atoms with Gasteiger partial charge in [-0.15, -0.1) is 0 Å². The topological polar surface area (TPSA) is 88.3 Å². The fourth-order valence-electron chi connectivity index (χ4n) is 3.63. The average molecular weight is 469 g/mol. The Hall–Kier alpha value is -3.00. The third-order valence-corrected chi connectivity index (χ3v) is 5.65. The van der Waals surface area contributed by atoms with Crippen LogP contribution in [0.3, 0.4) is 0 Å². The fraction of sp³-hybridized carbons (Fsp3) is 0.273. The highest BCUT2D eigenvalue weighted by molar-refractivity contribution is 9.10. The Kier molecular flexibility index (Phi) is 5.94. The fourth-order valence-corrected chi connectivity index (χ4v) is 3.86. The zero-order chi connectivity index (χ0) is 21.1. The Bertz CT molecular complexity index is 1050. The predicted molar refractivity (Wildman–Crippen MR) is 116 cm³/mol. The van der Waals surface area contributed by atoms with Gasteiger partial charge in [-0.1, -0.05) is 35.5 Å². The first-order chi connectivity index (χ1) is 14.5. The molecule has 1 aliphatic heterocycles. The van der Waals surface area contributed by atoms with Crippen molar-refractivity contribution in [2.75, 3.05) is 18.4 Å². The van der Waals surface area contributed by atoms with Gasteiger partial charge in [-0.2, -0.15) is 0 Å². The van der Waals surface area contributed by atoms with Gasteiger partial charge in [0.05, 0.1) is 5.92 Å². The number of amides is 2. The monoisotopic (exact) mass is 468 g/mol. The summed E-state index contributed by atoms with van der Waals surface area (Å²) in [6, 6.07) is 13.0. The molecule has 1 unspecified atom stereocenters. The number of anilines is 1. The number of nitrogens with zero attached hydrogens (tertiary/aromatic N) is 3. The van der Waals surface area contributed by atoms with Crippen LogP contribution in [-0.2, 0) is 4.79 Å². The minimum Gasteiger partial charge on any atom is -0.360 e. The Labute approximate surface area is 182 Å². The maximum absolute atomic E-state index is 13.3. The molecule has 1 N–H and O–H groups in total. The summed E-state index contributed by atoms with van der Waals surface area (Å²) in [5.74, 6) is 0.380. The van der Waals surface area contributed by atoms with E-state index in [4.69, 9.17) is 4.52 Å². The second kappa shape index (κ2) is 8.79. The normalized spacial score (nSPS) is 16.3. The van der Waals surface area contributed by atoms with Crippen LogP contribution in [-0.4, -0.2) is 39.9 Å². The number of carbonyl (C=O) groups excluding carboxylic acids is 2. The maximum atomic E-state index is 13.3. The van der Waals surface area contributed by atoms with Crippen LogP contribution in [0.2, 0.25) is 0 Å². The lowest BCUT2D eigenvalue weighted by molar-refractivity contribution is -0.121. The predicted octanol–water partition coefficient (Wildman–Crippen LogP) is 4.30. The standard InChI is InChI=1S/C22H21BrN4O3/c1-14-19(20(26-30-14)15-6-3-2-4-7-15)22(29)27-11-5-8-16(13-27)21(28)25-18-10-9-17(23)12-24-18/h2-4,6-7,9-10,12,16H,5,8,11,13H2,1H3,(H,24,25,28). The minimum absolute atomic E-state index is 0.132. The quantitative estimate of drug-likeness (QED) is 0.616. The van der Waals surface area contributed by atoms with Crippen LogP contribution < -0.4 is 5.32 Å². The number of halogens is 1. The molecule has 1 fully saturated rings. The van der Waals surface area contributed by atoms with Gasteiger partial charge < -0.3 is 14.7 Å². The molecular formula is C22H21BrN4O3. The van der Waals surface area contributed by atoms with Crippen molar-refractivity contribution >= 4 is 33.6 Å². The highest BCUT2D eigenvalue weighted by Gasteiger charge is 2.32. The highest BCUT2D eigenvalue weighted by Crippen LogP contribution is 2.28. The Balaban J connectivity index is 1.50. The summed E-state index contributed by atoms with van der Waals surface area (Å²) in [6.07, 6.45) is 3.11. The average Bonchev–Trinajstić information content (AvgIpc) is 3.17. The van der Waals surface area contributed by atoms with Gasteiger partial charge >= 0.3 is 0 Å². The van der Waals surface area contributed by atoms with Gasteiger partial charge in [0.15, 0.2) is 0 Å². The zero-order valence-corrected chi connectivity index (χ0v) is 18.1. The summed E-state index contributed by atoms with van der Waals surface area (Å²) < 4.78 is 6.18. The van der Waals surface area contributed by atoms with Crippen LogP contribution in [0.1, 0.15) is 29.0 Å². The number of pyridine rings is 1. The Morgan fingerprint density at radius 1 is 1.20 bits per heavy atom. The third-order valence-electron chi connectivity index (χ3n) is 5.18. The number of piperidine rings is 1. The van der Waals surface area contributed by atoms with Crippen molar-refractivity contribution in [1.82, 2.24) is 15.0 Å². The number of aromatic nitrogens is 2. The summed E-state index contributed by atoms with van der Waals surface area (Å²) in [5, 5.41) is 6.95. The first-order valence-electron chi connectivity index (χ1n) is 9.76. The molecule has 1 aliphatic rings. The number of carbonyl (C=O) groups is 2. The molecular weight excluding hydrogens is 448 g/mol. The van der Waals surface area contributed by atoms with Crippen LogP contribution in [0.15, 0.2) is 57.7 Å². The molecule has 1 atom stereocenters. The molecule has 154 valence electrons. The van der Waals surface area contributed by atoms with Crippen molar-refractivity contribution in [1.29, 1.82) is 0 Å². The van der Waals surface area contributed by atoms with Gasteiger partial charge in [0, 0.05) is 29.3 Å². The highest BCUT2D eigenvalue weighted by atomic mass is 79.9. The molecule has 1 saturated heterocycles. The second-order valence-corrected chi connectivity index (χ2v) is 8.19. The summed E-state index contributed by atoms with van der Waals surface area (Å²) in [5.41, 5.74) is 1.81. The molecule has 0 spiro atoms. The number of rotatable bonds is 4. The SMILES string of the molecule is Cc1onc(-c2ccccc2)c1C(=O)N1CCCC(C(=O)Nc2ccc(Br)cn2)C1. The van der Waals surface area contributed by atoms with E-state index in [9.17, 15) is 9.59 Å². The number of aryl methyl sites for hydroxylation is 1. The van der Waals surface area contributed by atoms with Crippen LogP contribution >= 0.6 is 15.9 Å². The van der Waals surface area contributed by atoms with Crippen LogP contribution in [0.25, 0.3) is 11.3 Å². The van der Waals surface area contributed by atoms with E-state index in [0.717, 1.165) is 22.9 Å². The molecule has 0 saturated carbocycles. The van der Waals surface area contributed by atoms with Gasteiger partial charge in [0.2, 0.25) is 5.91 Å². The molecule has 1 aromatic carbocycles. The van der Waals surface area contributed by atoms with Crippen molar-refractivity contribution in [2.45, 2.75) is 19.8 Å². The first-order valence-corrected chi connectivity index (χ1v) is 10.6. The molecule has 2 aromatic heterocycles. The zero-order valence-electron chi connectivity index (χ0n) is 16.5. The van der Waals surface area contributed by atoms with Crippen LogP contribution in [0.5, 0.6) is 0 Å². The number of benzene rings is 1. The van der Waals surface area contributed by atoms with E-state index in [-0.39, 0.29) is 17.7 Å². The van der Waals surface area contributed by atoms with Crippen LogP contribution in [0.4, 0.5) is 5.82 Å². The molecule has 30 heavy (non-hydrogen) atoms. The molecule has 3 heterocycles. The van der Waals surface area contributed by atoms with Crippen molar-refractivity contribution < 1.29 is 14.1 Å². The molecule has 3 aromatic rings. The van der Waals surface area contributed by atoms with E-state index in [1.54, 1.807) is 24.1 Å². The summed E-state index contributed by atoms with van der Waals surface area (Å²) >= 11 is 3.33. The lowest BCUT2D eigenvalue weighted by Gasteiger charge is -2.32. The minimum atomic E-state index is -0.298. The molecule has 7 nitrogen and oxygen atoms in total. The Morgan fingerprint density at radius 3 is 2.73 bits per heavy atom. The van der Waals surface area contributed by atoms with Gasteiger partial charge in [0.25, 0.3) is 5.91 Å². The van der Waals surface area contributed by atoms with E-state index in [1.165, 1.54) is 0 Å². The van der Waals surface area contributed by atoms with E-state index >= 15 is 0 Å². The van der Waals surface area contributed by atoms with E-state index in [1.807, 2.05) is 36.4 Å². The van der Waals surface area contributed by atoms with E-state index in [0.29, 0.717) is 35.9 Å². The van der Waals surface area contributed by atoms with E-state index in [2.05, 4.69) is 31.4 Å². The largest absolute Gasteiger partial charge is 0.360 e. The summed E-state index contributed by atoms with van der Waals surface area (Å²) in [6.45, 7) is 2.68. The molecule has 0 radical (unpaired) electrons. The van der Waals surface area contributed by atoms with Crippen molar-refractivity contribution in [3.05, 3.63) is 64.5 Å². The van der Waals surface area contributed by atoms with Gasteiger partial charge in [-0.3, -0.25) is 9.59 Å². The van der Waals surface area contributed by atoms with Crippen molar-refractivity contribution in [3.8, 4) is 11.3 Å². The number of likely N-dealkylation sites (tertiary alicyclic amines) is 1. The van der Waals surface area contributed by atoms with Crippen molar-refractivity contribution in [2.24, 2.45) is 5.92 Å². The Morgan fingerprint density at radius 2 is 2.00 bits per heavy atom. The summed E-state index contributed by atoms with van der Waals surface area (Å²) in [7, 11) is 0. The second-order valence-electron chi connectivity index (χ2n) is 7.27. The molecule has 8 heteroatoms. The number of hydrogen-bond acceptors (Lipinski definition) is 5. The number of hydrogen-bond donors (Lipinski definition) is 1. The smallest absolute Gasteiger partial charge is 0.259 e. The lowest BCUT2D eigenvalue weighted by Crippen LogP contribution is -2.44. The summed E-state index contributed by atoms with van der Waals surface area (Å²) in [4.78, 5) is 31.9. The lowest BCUT2D eigenvalue weighted by atomic mass is 9.96. The molecule has 0 aliphatic carbocycles. The van der Waals surface area contributed by atoms with Gasteiger partial charge in [0.1, 0.15) is 22.8 Å². The van der Waals surface area contributed by atoms with Gasteiger partial charge in [-0.05, 0) is 47.8 Å².